The molecule has 0 saturated carbocycles. The Bertz CT molecular complexity index is 357. The number of nitrogens with one attached hydrogen (secondary N) is 1. The molecule has 1 aromatic carbocycles. The van der Waals surface area contributed by atoms with Crippen molar-refractivity contribution in [1.82, 2.24) is 0 Å². The van der Waals surface area contributed by atoms with Gasteiger partial charge < -0.3 is 15.3 Å². The first kappa shape index (κ1) is 11.4. The molecule has 0 radical (unpaired) electrons. The van der Waals surface area contributed by atoms with Crippen molar-refractivity contribution in [3.63, 3.8) is 0 Å². The summed E-state index contributed by atoms with van der Waals surface area (Å²) >= 11 is 0. The zero-order valence-corrected chi connectivity index (χ0v) is 8.00. The normalized spacial score (nSPS) is 10.0. The van der Waals surface area contributed by atoms with Crippen molar-refractivity contribution in [2.24, 2.45) is 11.6 Å². The standard InChI is InChI=1S/C9H12FN3O2/c10-7-5-6(9(11)12)1-2-8(7)14-3-4-15-13/h1-2,5H,3-4,13H2,(H3,11,12). The van der Waals surface area contributed by atoms with Crippen molar-refractivity contribution < 1.29 is 14.0 Å². The van der Waals surface area contributed by atoms with Crippen molar-refractivity contribution >= 4 is 5.84 Å². The second-order valence-electron chi connectivity index (χ2n) is 2.78. The van der Waals surface area contributed by atoms with Crippen LogP contribution in [0.5, 0.6) is 5.75 Å². The summed E-state index contributed by atoms with van der Waals surface area (Å²) in [5.41, 5.74) is 5.51. The molecule has 0 saturated heterocycles. The molecule has 0 atom stereocenters. The highest BCUT2D eigenvalue weighted by Gasteiger charge is 2.05. The van der Waals surface area contributed by atoms with Gasteiger partial charge in [0, 0.05) is 5.56 Å². The molecule has 0 bridgehead atoms. The lowest BCUT2D eigenvalue weighted by molar-refractivity contribution is 0.100. The molecule has 0 unspecified atom stereocenters. The zero-order chi connectivity index (χ0) is 11.3. The van der Waals surface area contributed by atoms with E-state index >= 15 is 0 Å². The van der Waals surface area contributed by atoms with Crippen molar-refractivity contribution in [3.05, 3.63) is 29.6 Å². The zero-order valence-electron chi connectivity index (χ0n) is 8.00. The summed E-state index contributed by atoms with van der Waals surface area (Å²) in [6.07, 6.45) is 0. The molecule has 15 heavy (non-hydrogen) atoms. The number of amidine groups is 1. The lowest BCUT2D eigenvalue weighted by Gasteiger charge is -2.07. The third kappa shape index (κ3) is 3.19. The lowest BCUT2D eigenvalue weighted by atomic mass is 10.2. The van der Waals surface area contributed by atoms with Crippen LogP contribution in [0.1, 0.15) is 5.56 Å². The molecule has 0 fully saturated rings. The van der Waals surface area contributed by atoms with E-state index in [2.05, 4.69) is 4.84 Å². The average molecular weight is 213 g/mol. The Labute approximate surface area is 86.2 Å². The average Bonchev–Trinajstić information content (AvgIpc) is 2.20. The van der Waals surface area contributed by atoms with Gasteiger partial charge >= 0.3 is 0 Å². The highest BCUT2D eigenvalue weighted by atomic mass is 19.1. The third-order valence-corrected chi connectivity index (χ3v) is 1.70. The summed E-state index contributed by atoms with van der Waals surface area (Å²) < 4.78 is 18.3. The molecule has 6 heteroatoms. The van der Waals surface area contributed by atoms with E-state index in [1.807, 2.05) is 0 Å². The molecule has 0 aromatic heterocycles. The Morgan fingerprint density at radius 2 is 2.13 bits per heavy atom. The number of nitrogen functional groups attached to an aromatic ring is 1. The number of halogens is 1. The predicted octanol–water partition coefficient (Wildman–Crippen LogP) is 0.379. The van der Waals surface area contributed by atoms with Gasteiger partial charge in [0.05, 0.1) is 0 Å². The van der Waals surface area contributed by atoms with Crippen LogP contribution in [0, 0.1) is 11.2 Å². The Kier molecular flexibility index (Phi) is 4.02. The summed E-state index contributed by atoms with van der Waals surface area (Å²) in [6, 6.07) is 4.05. The fourth-order valence-corrected chi connectivity index (χ4v) is 0.985. The fourth-order valence-electron chi connectivity index (χ4n) is 0.985. The first-order chi connectivity index (χ1) is 7.15. The quantitative estimate of drug-likeness (QED) is 0.285. The van der Waals surface area contributed by atoms with Crippen molar-refractivity contribution in [3.8, 4) is 5.75 Å². The van der Waals surface area contributed by atoms with Crippen molar-refractivity contribution in [2.75, 3.05) is 13.2 Å². The molecule has 0 aliphatic carbocycles. The summed E-state index contributed by atoms with van der Waals surface area (Å²) in [6.45, 7) is 0.334. The summed E-state index contributed by atoms with van der Waals surface area (Å²) in [5, 5.41) is 7.10. The van der Waals surface area contributed by atoms with Gasteiger partial charge in [-0.2, -0.15) is 0 Å². The smallest absolute Gasteiger partial charge is 0.165 e. The van der Waals surface area contributed by atoms with E-state index in [1.165, 1.54) is 12.1 Å². The minimum atomic E-state index is -0.570. The maximum Gasteiger partial charge on any atom is 0.165 e. The van der Waals surface area contributed by atoms with Crippen LogP contribution in [0.25, 0.3) is 0 Å². The summed E-state index contributed by atoms with van der Waals surface area (Å²) in [7, 11) is 0. The second kappa shape index (κ2) is 5.28. The topological polar surface area (TPSA) is 94.4 Å². The second-order valence-corrected chi connectivity index (χ2v) is 2.78. The molecular formula is C9H12FN3O2. The Morgan fingerprint density at radius 3 is 2.67 bits per heavy atom. The lowest BCUT2D eigenvalue weighted by Crippen LogP contribution is -2.13. The van der Waals surface area contributed by atoms with Gasteiger partial charge in [-0.15, -0.1) is 0 Å². The van der Waals surface area contributed by atoms with Crippen molar-refractivity contribution in [2.45, 2.75) is 0 Å². The number of hydrogen-bond acceptors (Lipinski definition) is 4. The molecule has 0 heterocycles. The largest absolute Gasteiger partial charge is 0.488 e. The van der Waals surface area contributed by atoms with Crippen LogP contribution < -0.4 is 16.4 Å². The van der Waals surface area contributed by atoms with Crippen LogP contribution in [0.3, 0.4) is 0 Å². The van der Waals surface area contributed by atoms with Crippen LogP contribution in [-0.4, -0.2) is 19.0 Å². The molecule has 0 amide bonds. The van der Waals surface area contributed by atoms with Gasteiger partial charge in [-0.1, -0.05) is 0 Å². The maximum atomic E-state index is 13.3. The van der Waals surface area contributed by atoms with Gasteiger partial charge in [-0.05, 0) is 18.2 Å². The van der Waals surface area contributed by atoms with Crippen molar-refractivity contribution in [1.29, 1.82) is 5.41 Å². The van der Waals surface area contributed by atoms with Gasteiger partial charge in [0.25, 0.3) is 0 Å². The minimum Gasteiger partial charge on any atom is -0.488 e. The summed E-state index contributed by atoms with van der Waals surface area (Å²) in [4.78, 5) is 4.26. The summed E-state index contributed by atoms with van der Waals surface area (Å²) in [5.74, 6) is 4.10. The molecule has 5 N–H and O–H groups in total. The van der Waals surface area contributed by atoms with Gasteiger partial charge in [0.15, 0.2) is 11.6 Å². The highest BCUT2D eigenvalue weighted by molar-refractivity contribution is 5.95. The molecule has 1 aromatic rings. The molecular weight excluding hydrogens is 201 g/mol. The number of rotatable bonds is 5. The third-order valence-electron chi connectivity index (χ3n) is 1.70. The first-order valence-corrected chi connectivity index (χ1v) is 4.23. The van der Waals surface area contributed by atoms with Gasteiger partial charge in [-0.3, -0.25) is 5.41 Å². The minimum absolute atomic E-state index is 0.0806. The van der Waals surface area contributed by atoms with Gasteiger partial charge in [0.1, 0.15) is 19.0 Å². The molecule has 5 nitrogen and oxygen atoms in total. The fraction of sp³-hybridized carbons (Fsp3) is 0.222. The molecule has 0 spiro atoms. The Hall–Kier alpha value is -1.66. The monoisotopic (exact) mass is 213 g/mol. The Morgan fingerprint density at radius 1 is 1.40 bits per heavy atom. The maximum absolute atomic E-state index is 13.3. The van der Waals surface area contributed by atoms with Crippen LogP contribution >= 0.6 is 0 Å². The van der Waals surface area contributed by atoms with E-state index in [-0.39, 0.29) is 24.8 Å². The number of ether oxygens (including phenoxy) is 1. The molecule has 82 valence electrons. The number of nitrogens with two attached hydrogens (primary N) is 2. The van der Waals surface area contributed by atoms with Crippen LogP contribution in [0.15, 0.2) is 18.2 Å². The van der Waals surface area contributed by atoms with Gasteiger partial charge in [-0.25, -0.2) is 10.3 Å². The van der Waals surface area contributed by atoms with Crippen LogP contribution in [0.4, 0.5) is 4.39 Å². The van der Waals surface area contributed by atoms with E-state index < -0.39 is 5.82 Å². The van der Waals surface area contributed by atoms with Gasteiger partial charge in [0.2, 0.25) is 0 Å². The van der Waals surface area contributed by atoms with E-state index in [1.54, 1.807) is 0 Å². The van der Waals surface area contributed by atoms with Crippen LogP contribution in [-0.2, 0) is 4.84 Å². The van der Waals surface area contributed by atoms with E-state index in [0.29, 0.717) is 5.56 Å². The van der Waals surface area contributed by atoms with E-state index in [4.69, 9.17) is 21.8 Å². The molecule has 0 aliphatic rings. The first-order valence-electron chi connectivity index (χ1n) is 4.23. The predicted molar refractivity (Wildman–Crippen MR) is 53.1 cm³/mol. The highest BCUT2D eigenvalue weighted by Crippen LogP contribution is 2.17. The van der Waals surface area contributed by atoms with E-state index in [0.717, 1.165) is 6.07 Å². The Balaban J connectivity index is 2.70. The number of hydrogen-bond donors (Lipinski definition) is 3. The van der Waals surface area contributed by atoms with E-state index in [9.17, 15) is 4.39 Å². The SMILES string of the molecule is N=C(N)c1ccc(OCCON)c(F)c1. The van der Waals surface area contributed by atoms with Crippen LogP contribution in [0.2, 0.25) is 0 Å². The number of benzene rings is 1. The molecule has 1 rings (SSSR count). The molecule has 0 aliphatic heterocycles.